The van der Waals surface area contributed by atoms with E-state index >= 15 is 0 Å². The molecule has 0 heterocycles. The van der Waals surface area contributed by atoms with Gasteiger partial charge < -0.3 is 11.1 Å². The number of halogens is 1. The molecule has 0 radical (unpaired) electrons. The molecule has 0 atom stereocenters. The van der Waals surface area contributed by atoms with E-state index in [0.717, 1.165) is 17.7 Å². The summed E-state index contributed by atoms with van der Waals surface area (Å²) in [5.74, 6) is 0. The Kier molecular flexibility index (Phi) is 3.59. The Morgan fingerprint density at radius 1 is 1.53 bits per heavy atom. The SMILES string of the molecule is CCC1(Nc2ccc(C(N)=S)c(Cl)c2)CCC1. The third-order valence-electron chi connectivity index (χ3n) is 3.63. The first-order chi connectivity index (χ1) is 8.06. The monoisotopic (exact) mass is 268 g/mol. The maximum Gasteiger partial charge on any atom is 0.105 e. The number of hydrogen-bond acceptors (Lipinski definition) is 2. The van der Waals surface area contributed by atoms with Gasteiger partial charge in [-0.15, -0.1) is 0 Å². The lowest BCUT2D eigenvalue weighted by Gasteiger charge is -2.43. The summed E-state index contributed by atoms with van der Waals surface area (Å²) in [4.78, 5) is 0.343. The number of rotatable bonds is 4. The molecular formula is C13H17ClN2S. The second-order valence-electron chi connectivity index (χ2n) is 4.67. The Hall–Kier alpha value is -0.800. The molecule has 1 saturated carbocycles. The van der Waals surface area contributed by atoms with Gasteiger partial charge in [-0.1, -0.05) is 30.7 Å². The van der Waals surface area contributed by atoms with Gasteiger partial charge in [0.2, 0.25) is 0 Å². The van der Waals surface area contributed by atoms with E-state index in [4.69, 9.17) is 29.6 Å². The third-order valence-corrected chi connectivity index (χ3v) is 4.16. The molecule has 17 heavy (non-hydrogen) atoms. The molecule has 92 valence electrons. The molecular weight excluding hydrogens is 252 g/mol. The zero-order valence-corrected chi connectivity index (χ0v) is 11.5. The fourth-order valence-corrected chi connectivity index (χ4v) is 2.79. The zero-order valence-electron chi connectivity index (χ0n) is 9.92. The minimum Gasteiger partial charge on any atom is -0.389 e. The number of nitrogens with two attached hydrogens (primary N) is 1. The van der Waals surface area contributed by atoms with E-state index in [1.807, 2.05) is 18.2 Å². The summed E-state index contributed by atoms with van der Waals surface area (Å²) < 4.78 is 0. The lowest BCUT2D eigenvalue weighted by atomic mass is 9.74. The first-order valence-corrected chi connectivity index (χ1v) is 6.72. The van der Waals surface area contributed by atoms with Crippen molar-refractivity contribution in [1.29, 1.82) is 0 Å². The second-order valence-corrected chi connectivity index (χ2v) is 5.52. The molecule has 3 N–H and O–H groups in total. The van der Waals surface area contributed by atoms with E-state index in [1.54, 1.807) is 0 Å². The summed E-state index contributed by atoms with van der Waals surface area (Å²) in [5.41, 5.74) is 7.65. The number of benzene rings is 1. The van der Waals surface area contributed by atoms with Crippen LogP contribution >= 0.6 is 23.8 Å². The van der Waals surface area contributed by atoms with Crippen molar-refractivity contribution < 1.29 is 0 Å². The Balaban J connectivity index is 2.17. The van der Waals surface area contributed by atoms with Crippen LogP contribution < -0.4 is 11.1 Å². The summed E-state index contributed by atoms with van der Waals surface area (Å²) in [6.07, 6.45) is 4.91. The second kappa shape index (κ2) is 4.83. The van der Waals surface area contributed by atoms with E-state index in [-0.39, 0.29) is 5.54 Å². The first kappa shape index (κ1) is 12.7. The van der Waals surface area contributed by atoms with E-state index in [2.05, 4.69) is 12.2 Å². The smallest absolute Gasteiger partial charge is 0.105 e. The van der Waals surface area contributed by atoms with Gasteiger partial charge in [-0.05, 0) is 43.9 Å². The Bertz CT molecular complexity index is 436. The average Bonchev–Trinajstić information content (AvgIpc) is 2.23. The first-order valence-electron chi connectivity index (χ1n) is 5.94. The summed E-state index contributed by atoms with van der Waals surface area (Å²) in [6, 6.07) is 5.79. The van der Waals surface area contributed by atoms with Crippen LogP contribution in [0, 0.1) is 0 Å². The Labute approximate surface area is 113 Å². The molecule has 0 unspecified atom stereocenters. The molecule has 0 spiro atoms. The van der Waals surface area contributed by atoms with Crippen LogP contribution in [0.4, 0.5) is 5.69 Å². The lowest BCUT2D eigenvalue weighted by molar-refractivity contribution is 0.269. The van der Waals surface area contributed by atoms with Crippen LogP contribution in [0.15, 0.2) is 18.2 Å². The van der Waals surface area contributed by atoms with Gasteiger partial charge in [0.1, 0.15) is 4.99 Å². The largest absolute Gasteiger partial charge is 0.389 e. The molecule has 1 aliphatic rings. The summed E-state index contributed by atoms with van der Waals surface area (Å²) in [5, 5.41) is 4.20. The van der Waals surface area contributed by atoms with Gasteiger partial charge in [-0.2, -0.15) is 0 Å². The average molecular weight is 269 g/mol. The molecule has 0 bridgehead atoms. The maximum atomic E-state index is 6.15. The van der Waals surface area contributed by atoms with Crippen LogP contribution in [0.3, 0.4) is 0 Å². The standard InChI is InChI=1S/C13H17ClN2S/c1-2-13(6-3-7-13)16-9-4-5-10(12(15)17)11(14)8-9/h4-5,8,16H,2-3,6-7H2,1H3,(H2,15,17). The topological polar surface area (TPSA) is 38.0 Å². The normalized spacial score (nSPS) is 17.3. The highest BCUT2D eigenvalue weighted by Crippen LogP contribution is 2.38. The van der Waals surface area contributed by atoms with E-state index in [9.17, 15) is 0 Å². The fourth-order valence-electron chi connectivity index (χ4n) is 2.27. The van der Waals surface area contributed by atoms with E-state index in [0.29, 0.717) is 10.0 Å². The molecule has 0 aliphatic heterocycles. The van der Waals surface area contributed by atoms with Crippen molar-refractivity contribution in [3.05, 3.63) is 28.8 Å². The van der Waals surface area contributed by atoms with Crippen molar-refractivity contribution in [2.24, 2.45) is 5.73 Å². The Morgan fingerprint density at radius 2 is 2.24 bits per heavy atom. The number of thiocarbonyl (C=S) groups is 1. The number of nitrogens with one attached hydrogen (secondary N) is 1. The third kappa shape index (κ3) is 2.55. The highest BCUT2D eigenvalue weighted by molar-refractivity contribution is 7.80. The van der Waals surface area contributed by atoms with Crippen LogP contribution in [0.2, 0.25) is 5.02 Å². The summed E-state index contributed by atoms with van der Waals surface area (Å²) in [6.45, 7) is 2.22. The lowest BCUT2D eigenvalue weighted by Crippen LogP contribution is -2.44. The molecule has 2 nitrogen and oxygen atoms in total. The van der Waals surface area contributed by atoms with E-state index < -0.39 is 0 Å². The molecule has 0 saturated heterocycles. The van der Waals surface area contributed by atoms with Crippen molar-refractivity contribution in [2.45, 2.75) is 38.1 Å². The molecule has 0 aromatic heterocycles. The molecule has 0 amide bonds. The minimum atomic E-state index is 0.272. The fraction of sp³-hybridized carbons (Fsp3) is 0.462. The van der Waals surface area contributed by atoms with Crippen molar-refractivity contribution in [3.8, 4) is 0 Å². The van der Waals surface area contributed by atoms with Gasteiger partial charge in [0.05, 0.1) is 5.02 Å². The molecule has 2 rings (SSSR count). The van der Waals surface area contributed by atoms with Crippen molar-refractivity contribution in [3.63, 3.8) is 0 Å². The van der Waals surface area contributed by atoms with Crippen LogP contribution in [0.5, 0.6) is 0 Å². The van der Waals surface area contributed by atoms with Gasteiger partial charge >= 0.3 is 0 Å². The van der Waals surface area contributed by atoms with Crippen LogP contribution in [-0.2, 0) is 0 Å². The summed E-state index contributed by atoms with van der Waals surface area (Å²) >= 11 is 11.1. The van der Waals surface area contributed by atoms with Crippen molar-refractivity contribution in [1.82, 2.24) is 0 Å². The van der Waals surface area contributed by atoms with Crippen LogP contribution in [0.25, 0.3) is 0 Å². The number of hydrogen-bond donors (Lipinski definition) is 2. The van der Waals surface area contributed by atoms with Crippen molar-refractivity contribution >= 4 is 34.5 Å². The molecule has 1 aliphatic carbocycles. The van der Waals surface area contributed by atoms with Gasteiger partial charge in [0.25, 0.3) is 0 Å². The molecule has 1 fully saturated rings. The molecule has 1 aromatic rings. The zero-order chi connectivity index (χ0) is 12.5. The summed E-state index contributed by atoms with van der Waals surface area (Å²) in [7, 11) is 0. The number of anilines is 1. The van der Waals surface area contributed by atoms with Gasteiger partial charge in [-0.3, -0.25) is 0 Å². The van der Waals surface area contributed by atoms with E-state index in [1.165, 1.54) is 19.3 Å². The predicted molar refractivity (Wildman–Crippen MR) is 77.8 cm³/mol. The molecule has 1 aromatic carbocycles. The van der Waals surface area contributed by atoms with Crippen molar-refractivity contribution in [2.75, 3.05) is 5.32 Å². The molecule has 4 heteroatoms. The van der Waals surface area contributed by atoms with Crippen LogP contribution in [-0.4, -0.2) is 10.5 Å². The minimum absolute atomic E-state index is 0.272. The predicted octanol–water partition coefficient (Wildman–Crippen LogP) is 3.72. The highest BCUT2D eigenvalue weighted by Gasteiger charge is 2.34. The Morgan fingerprint density at radius 3 is 2.65 bits per heavy atom. The van der Waals surface area contributed by atoms with Gasteiger partial charge in [0, 0.05) is 16.8 Å². The van der Waals surface area contributed by atoms with Gasteiger partial charge in [-0.25, -0.2) is 0 Å². The highest BCUT2D eigenvalue weighted by atomic mass is 35.5. The maximum absolute atomic E-state index is 6.15. The quantitative estimate of drug-likeness (QED) is 0.818. The van der Waals surface area contributed by atoms with Crippen LogP contribution in [0.1, 0.15) is 38.2 Å². The van der Waals surface area contributed by atoms with Gasteiger partial charge in [0.15, 0.2) is 0 Å².